The Morgan fingerprint density at radius 2 is 1.74 bits per heavy atom. The molecule has 3 heterocycles. The molecule has 2 saturated heterocycles. The summed E-state index contributed by atoms with van der Waals surface area (Å²) in [6.07, 6.45) is 4.86. The average Bonchev–Trinajstić information content (AvgIpc) is 3.28. The van der Waals surface area contributed by atoms with Crippen molar-refractivity contribution in [3.05, 3.63) is 29.8 Å². The van der Waals surface area contributed by atoms with E-state index < -0.39 is 0 Å². The van der Waals surface area contributed by atoms with Gasteiger partial charge in [-0.3, -0.25) is 14.2 Å². The number of ether oxygens (including phenoxy) is 1. The summed E-state index contributed by atoms with van der Waals surface area (Å²) < 4.78 is 7.24. The minimum Gasteiger partial charge on any atom is -0.466 e. The summed E-state index contributed by atoms with van der Waals surface area (Å²) in [6, 6.07) is 8.35. The van der Waals surface area contributed by atoms with Crippen molar-refractivity contribution in [2.45, 2.75) is 63.3 Å². The van der Waals surface area contributed by atoms with Gasteiger partial charge in [-0.1, -0.05) is 29.5 Å². The molecular formula is C25H35N5O3S. The molecule has 2 fully saturated rings. The second-order valence-corrected chi connectivity index (χ2v) is 10.4. The third kappa shape index (κ3) is 5.56. The van der Waals surface area contributed by atoms with Crippen LogP contribution in [-0.2, 0) is 14.3 Å². The minimum atomic E-state index is -0.304. The maximum Gasteiger partial charge on any atom is 0.309 e. The summed E-state index contributed by atoms with van der Waals surface area (Å²) >= 11 is 1.45. The van der Waals surface area contributed by atoms with Gasteiger partial charge in [-0.05, 0) is 65.0 Å². The highest BCUT2D eigenvalue weighted by molar-refractivity contribution is 8.00. The van der Waals surface area contributed by atoms with Crippen molar-refractivity contribution in [1.82, 2.24) is 19.7 Å². The summed E-state index contributed by atoms with van der Waals surface area (Å²) in [5.74, 6) is 0.670. The van der Waals surface area contributed by atoms with Gasteiger partial charge in [0.05, 0.1) is 23.5 Å². The summed E-state index contributed by atoms with van der Waals surface area (Å²) in [6.45, 7) is 9.32. The Bertz CT molecular complexity index is 979. The van der Waals surface area contributed by atoms with Crippen LogP contribution in [0, 0.1) is 12.8 Å². The average molecular weight is 486 g/mol. The van der Waals surface area contributed by atoms with Crippen LogP contribution in [0.3, 0.4) is 0 Å². The predicted octanol–water partition coefficient (Wildman–Crippen LogP) is 3.85. The number of rotatable bonds is 7. The molecule has 1 amide bonds. The fourth-order valence-corrected chi connectivity index (χ4v) is 5.56. The quantitative estimate of drug-likeness (QED) is 0.435. The van der Waals surface area contributed by atoms with Gasteiger partial charge in [0.1, 0.15) is 0 Å². The van der Waals surface area contributed by atoms with Gasteiger partial charge in [0, 0.05) is 26.2 Å². The molecule has 1 atom stereocenters. The van der Waals surface area contributed by atoms with E-state index in [2.05, 4.69) is 50.9 Å². The number of hydrogen-bond donors (Lipinski definition) is 0. The second-order valence-electron chi connectivity index (χ2n) is 9.11. The van der Waals surface area contributed by atoms with Crippen molar-refractivity contribution in [1.29, 1.82) is 0 Å². The van der Waals surface area contributed by atoms with Crippen LogP contribution in [0.2, 0.25) is 0 Å². The first-order chi connectivity index (χ1) is 16.5. The number of aryl methyl sites for hydroxylation is 1. The van der Waals surface area contributed by atoms with E-state index >= 15 is 0 Å². The molecule has 2 aliphatic heterocycles. The molecule has 0 spiro atoms. The Morgan fingerprint density at radius 1 is 1.06 bits per heavy atom. The van der Waals surface area contributed by atoms with E-state index in [4.69, 9.17) is 4.74 Å². The molecule has 9 heteroatoms. The van der Waals surface area contributed by atoms with Gasteiger partial charge in [0.2, 0.25) is 11.9 Å². The molecule has 1 aromatic heterocycles. The SMILES string of the molecule is CCOC(=O)C1CCN(C(=O)[C@@H](C)Sc2nnc(N3CCCCC3)n2-c2ccc(C)cc2)CC1. The number of piperidine rings is 2. The standard InChI is InChI=1S/C25H35N5O3S/c1-4-33-23(32)20-12-16-28(17-13-20)22(31)19(3)34-25-27-26-24(29-14-6-5-7-15-29)30(25)21-10-8-18(2)9-11-21/h8-11,19-20H,4-7,12-17H2,1-3H3/t19-/m1/s1. The highest BCUT2D eigenvalue weighted by Gasteiger charge is 2.31. The molecule has 8 nitrogen and oxygen atoms in total. The molecule has 184 valence electrons. The zero-order valence-corrected chi connectivity index (χ0v) is 21.2. The zero-order valence-electron chi connectivity index (χ0n) is 20.4. The van der Waals surface area contributed by atoms with Crippen LogP contribution >= 0.6 is 11.8 Å². The van der Waals surface area contributed by atoms with Gasteiger partial charge in [-0.25, -0.2) is 0 Å². The first-order valence-electron chi connectivity index (χ1n) is 12.4. The normalized spacial score (nSPS) is 18.1. The van der Waals surface area contributed by atoms with E-state index in [-0.39, 0.29) is 23.0 Å². The fourth-order valence-electron chi connectivity index (χ4n) is 4.62. The van der Waals surface area contributed by atoms with Crippen LogP contribution in [0.15, 0.2) is 29.4 Å². The first-order valence-corrected chi connectivity index (χ1v) is 13.3. The third-order valence-electron chi connectivity index (χ3n) is 6.60. The van der Waals surface area contributed by atoms with Crippen LogP contribution in [0.1, 0.15) is 51.5 Å². The number of amides is 1. The van der Waals surface area contributed by atoms with E-state index in [1.165, 1.54) is 23.7 Å². The number of likely N-dealkylation sites (tertiary alicyclic amines) is 1. The van der Waals surface area contributed by atoms with Gasteiger partial charge in [0.15, 0.2) is 5.16 Å². The van der Waals surface area contributed by atoms with Crippen molar-refractivity contribution in [3.8, 4) is 5.69 Å². The maximum atomic E-state index is 13.2. The molecule has 2 aliphatic rings. The highest BCUT2D eigenvalue weighted by Crippen LogP contribution is 2.32. The van der Waals surface area contributed by atoms with Gasteiger partial charge in [0.25, 0.3) is 0 Å². The number of carbonyl (C=O) groups excluding carboxylic acids is 2. The third-order valence-corrected chi connectivity index (χ3v) is 7.63. The Labute approximate surface area is 206 Å². The molecule has 34 heavy (non-hydrogen) atoms. The molecule has 0 bridgehead atoms. The monoisotopic (exact) mass is 485 g/mol. The van der Waals surface area contributed by atoms with Crippen molar-refractivity contribution in [2.24, 2.45) is 5.92 Å². The first kappa shape index (κ1) is 24.6. The van der Waals surface area contributed by atoms with Crippen LogP contribution in [0.4, 0.5) is 5.95 Å². The lowest BCUT2D eigenvalue weighted by atomic mass is 9.97. The molecule has 0 unspecified atom stereocenters. The van der Waals surface area contributed by atoms with Crippen molar-refractivity contribution in [3.63, 3.8) is 0 Å². The van der Waals surface area contributed by atoms with Gasteiger partial charge < -0.3 is 14.5 Å². The van der Waals surface area contributed by atoms with Crippen molar-refractivity contribution in [2.75, 3.05) is 37.7 Å². The van der Waals surface area contributed by atoms with Crippen molar-refractivity contribution < 1.29 is 14.3 Å². The Balaban J connectivity index is 1.48. The van der Waals surface area contributed by atoms with E-state index in [0.29, 0.717) is 32.5 Å². The molecule has 4 rings (SSSR count). The largest absolute Gasteiger partial charge is 0.466 e. The van der Waals surface area contributed by atoms with E-state index in [0.717, 1.165) is 42.7 Å². The Morgan fingerprint density at radius 3 is 2.38 bits per heavy atom. The summed E-state index contributed by atoms with van der Waals surface area (Å²) in [5, 5.41) is 9.49. The van der Waals surface area contributed by atoms with E-state index in [1.807, 2.05) is 18.7 Å². The number of hydrogen-bond acceptors (Lipinski definition) is 7. The molecule has 0 saturated carbocycles. The molecular weight excluding hydrogens is 450 g/mol. The fraction of sp³-hybridized carbons (Fsp3) is 0.600. The number of esters is 1. The Hall–Kier alpha value is -2.55. The van der Waals surface area contributed by atoms with Gasteiger partial charge in [-0.2, -0.15) is 0 Å². The van der Waals surface area contributed by atoms with E-state index in [1.54, 1.807) is 0 Å². The molecule has 0 aliphatic carbocycles. The number of carbonyl (C=O) groups is 2. The molecule has 1 aromatic carbocycles. The summed E-state index contributed by atoms with van der Waals surface area (Å²) in [4.78, 5) is 29.4. The molecule has 2 aromatic rings. The smallest absolute Gasteiger partial charge is 0.309 e. The lowest BCUT2D eigenvalue weighted by Crippen LogP contribution is -2.43. The highest BCUT2D eigenvalue weighted by atomic mass is 32.2. The number of thioether (sulfide) groups is 1. The predicted molar refractivity (Wildman–Crippen MR) is 133 cm³/mol. The zero-order chi connectivity index (χ0) is 24.1. The molecule has 0 N–H and O–H groups in total. The minimum absolute atomic E-state index is 0.0743. The lowest BCUT2D eigenvalue weighted by molar-refractivity contribution is -0.151. The lowest BCUT2D eigenvalue weighted by Gasteiger charge is -2.32. The van der Waals surface area contributed by atoms with Gasteiger partial charge >= 0.3 is 5.97 Å². The maximum absolute atomic E-state index is 13.2. The summed E-state index contributed by atoms with van der Waals surface area (Å²) in [7, 11) is 0. The van der Waals surface area contributed by atoms with Crippen LogP contribution in [0.5, 0.6) is 0 Å². The molecule has 0 radical (unpaired) electrons. The summed E-state index contributed by atoms with van der Waals surface area (Å²) in [5.41, 5.74) is 2.20. The van der Waals surface area contributed by atoms with Crippen molar-refractivity contribution >= 4 is 29.6 Å². The van der Waals surface area contributed by atoms with Crippen LogP contribution < -0.4 is 4.90 Å². The second kappa shape index (κ2) is 11.3. The number of nitrogens with zero attached hydrogens (tertiary/aromatic N) is 5. The van der Waals surface area contributed by atoms with Crippen LogP contribution in [-0.4, -0.2) is 69.6 Å². The number of benzene rings is 1. The Kier molecular flexibility index (Phi) is 8.13. The number of anilines is 1. The van der Waals surface area contributed by atoms with Gasteiger partial charge in [-0.15, -0.1) is 10.2 Å². The van der Waals surface area contributed by atoms with E-state index in [9.17, 15) is 9.59 Å². The van der Waals surface area contributed by atoms with Crippen LogP contribution in [0.25, 0.3) is 5.69 Å². The number of aromatic nitrogens is 3. The topological polar surface area (TPSA) is 80.6 Å².